The van der Waals surface area contributed by atoms with Crippen molar-refractivity contribution in [1.82, 2.24) is 38.7 Å². The molecular weight excluding hydrogens is 521 g/mol. The van der Waals surface area contributed by atoms with Crippen LogP contribution in [0.5, 0.6) is 0 Å². The van der Waals surface area contributed by atoms with Crippen molar-refractivity contribution in [3.05, 3.63) is 71.4 Å². The van der Waals surface area contributed by atoms with E-state index in [2.05, 4.69) is 25.6 Å². The van der Waals surface area contributed by atoms with E-state index in [1.807, 2.05) is 6.07 Å². The number of hydrogen-bond donors (Lipinski definition) is 1. The van der Waals surface area contributed by atoms with Gasteiger partial charge in [0.1, 0.15) is 29.2 Å². The van der Waals surface area contributed by atoms with Gasteiger partial charge in [-0.3, -0.25) is 4.68 Å². The van der Waals surface area contributed by atoms with Gasteiger partial charge >= 0.3 is 0 Å². The molecule has 0 bridgehead atoms. The molecule has 192 valence electrons. The summed E-state index contributed by atoms with van der Waals surface area (Å²) < 4.78 is 49.6. The molecular formula is C24H18ClF3N10. The number of nitriles is 1. The van der Waals surface area contributed by atoms with Crippen LogP contribution in [0.15, 0.2) is 49.1 Å². The predicted molar refractivity (Wildman–Crippen MR) is 131 cm³/mol. The zero-order valence-electron chi connectivity index (χ0n) is 19.8. The fraction of sp³-hybridized carbons (Fsp3) is 0.208. The number of aryl methyl sites for hydroxylation is 1. The second-order valence-electron chi connectivity index (χ2n) is 8.92. The summed E-state index contributed by atoms with van der Waals surface area (Å²) in [5.41, 5.74) is 1.65. The standard InChI is InChI=1S/C24H18ClF3N10/c1-35-21(2-3-31-35)32-20-6-17(18(25)8-30-20)14-4-19-23-34-33-22(11-36-10-15(26)5-16(36)7-29)38(23)13-24(27,28)12-37(19)9-14/h2-6,8-10H,11-13H2,1H3,(H,30,32). The average molecular weight is 539 g/mol. The number of alkyl halides is 2. The Balaban J connectivity index is 1.40. The van der Waals surface area contributed by atoms with Crippen molar-refractivity contribution in [3.8, 4) is 28.7 Å². The number of nitrogens with zero attached hydrogens (tertiary/aromatic N) is 9. The molecule has 10 nitrogen and oxygen atoms in total. The smallest absolute Gasteiger partial charge is 0.283 e. The quantitative estimate of drug-likeness (QED) is 0.354. The van der Waals surface area contributed by atoms with Crippen LogP contribution in [0.4, 0.5) is 24.8 Å². The molecule has 38 heavy (non-hydrogen) atoms. The molecule has 1 N–H and O–H groups in total. The molecule has 0 fully saturated rings. The lowest BCUT2D eigenvalue weighted by atomic mass is 10.1. The van der Waals surface area contributed by atoms with Crippen LogP contribution >= 0.6 is 11.6 Å². The number of nitrogens with one attached hydrogen (secondary N) is 1. The van der Waals surface area contributed by atoms with Crippen molar-refractivity contribution in [1.29, 1.82) is 5.26 Å². The van der Waals surface area contributed by atoms with Gasteiger partial charge in [-0.1, -0.05) is 11.6 Å². The number of fused-ring (bicyclic) bond motifs is 3. The molecule has 1 aliphatic heterocycles. The first-order chi connectivity index (χ1) is 18.2. The summed E-state index contributed by atoms with van der Waals surface area (Å²) in [7, 11) is 1.78. The van der Waals surface area contributed by atoms with E-state index in [1.54, 1.807) is 42.3 Å². The summed E-state index contributed by atoms with van der Waals surface area (Å²) in [4.78, 5) is 4.31. The maximum atomic E-state index is 15.1. The van der Waals surface area contributed by atoms with E-state index in [1.165, 1.54) is 19.9 Å². The maximum absolute atomic E-state index is 15.1. The highest BCUT2D eigenvalue weighted by molar-refractivity contribution is 6.33. The fourth-order valence-electron chi connectivity index (χ4n) is 4.52. The van der Waals surface area contributed by atoms with E-state index in [9.17, 15) is 9.65 Å². The van der Waals surface area contributed by atoms with E-state index in [4.69, 9.17) is 11.6 Å². The predicted octanol–water partition coefficient (Wildman–Crippen LogP) is 4.45. The van der Waals surface area contributed by atoms with Gasteiger partial charge in [0, 0.05) is 48.9 Å². The van der Waals surface area contributed by atoms with Gasteiger partial charge in [0.05, 0.1) is 36.5 Å². The molecule has 0 spiro atoms. The highest BCUT2D eigenvalue weighted by atomic mass is 35.5. The monoisotopic (exact) mass is 538 g/mol. The van der Waals surface area contributed by atoms with Crippen LogP contribution in [0.3, 0.4) is 0 Å². The van der Waals surface area contributed by atoms with Crippen LogP contribution in [-0.2, 0) is 26.7 Å². The largest absolute Gasteiger partial charge is 0.338 e. The molecule has 6 heterocycles. The first-order valence-electron chi connectivity index (χ1n) is 11.4. The van der Waals surface area contributed by atoms with Crippen molar-refractivity contribution in [2.75, 3.05) is 5.32 Å². The molecule has 0 saturated carbocycles. The maximum Gasteiger partial charge on any atom is 0.283 e. The SMILES string of the molecule is Cn1nccc1Nc1cc(-c2cc3n(c2)CC(F)(F)Cn2c(Cn4cc(F)cc4C#N)nnc2-3)c(Cl)cn1. The minimum atomic E-state index is -3.14. The number of anilines is 2. The van der Waals surface area contributed by atoms with Crippen molar-refractivity contribution >= 4 is 23.2 Å². The summed E-state index contributed by atoms with van der Waals surface area (Å²) >= 11 is 6.46. The molecule has 0 radical (unpaired) electrons. The summed E-state index contributed by atoms with van der Waals surface area (Å²) in [6.07, 6.45) is 5.84. The normalized spacial score (nSPS) is 14.0. The molecule has 0 unspecified atom stereocenters. The molecule has 5 aromatic rings. The number of pyridine rings is 1. The molecule has 0 atom stereocenters. The first kappa shape index (κ1) is 23.8. The van der Waals surface area contributed by atoms with Gasteiger partial charge in [-0.05, 0) is 12.1 Å². The van der Waals surface area contributed by atoms with Crippen LogP contribution < -0.4 is 5.32 Å². The Labute approximate surface area is 218 Å². The molecule has 0 aromatic carbocycles. The van der Waals surface area contributed by atoms with E-state index < -0.39 is 24.8 Å². The van der Waals surface area contributed by atoms with Crippen LogP contribution in [0.25, 0.3) is 22.6 Å². The molecule has 5 aromatic heterocycles. The number of rotatable bonds is 5. The van der Waals surface area contributed by atoms with E-state index >= 15 is 8.78 Å². The van der Waals surface area contributed by atoms with Crippen LogP contribution in [0.1, 0.15) is 11.5 Å². The third-order valence-electron chi connectivity index (χ3n) is 6.28. The average Bonchev–Trinajstić information content (AvgIpc) is 3.62. The molecule has 0 saturated heterocycles. The van der Waals surface area contributed by atoms with Gasteiger partial charge in [-0.2, -0.15) is 10.4 Å². The second kappa shape index (κ2) is 8.77. The zero-order valence-corrected chi connectivity index (χ0v) is 20.5. The molecule has 0 amide bonds. The van der Waals surface area contributed by atoms with Crippen LogP contribution in [0, 0.1) is 17.1 Å². The summed E-state index contributed by atoms with van der Waals surface area (Å²) in [6.45, 7) is -1.35. The Morgan fingerprint density at radius 1 is 1.18 bits per heavy atom. The first-order valence-corrected chi connectivity index (χ1v) is 11.8. The van der Waals surface area contributed by atoms with Crippen LogP contribution in [-0.4, -0.2) is 44.6 Å². The summed E-state index contributed by atoms with van der Waals surface area (Å²) in [6, 6.07) is 8.18. The lowest BCUT2D eigenvalue weighted by Gasteiger charge is -2.16. The Morgan fingerprint density at radius 3 is 2.79 bits per heavy atom. The van der Waals surface area contributed by atoms with Crippen molar-refractivity contribution in [2.24, 2.45) is 7.05 Å². The van der Waals surface area contributed by atoms with Gasteiger partial charge in [0.25, 0.3) is 5.92 Å². The van der Waals surface area contributed by atoms with E-state index in [0.717, 1.165) is 12.3 Å². The van der Waals surface area contributed by atoms with Gasteiger partial charge in [-0.15, -0.1) is 10.2 Å². The number of aromatic nitrogens is 8. The zero-order chi connectivity index (χ0) is 26.6. The molecule has 1 aliphatic rings. The Bertz CT molecular complexity index is 1720. The lowest BCUT2D eigenvalue weighted by Crippen LogP contribution is -2.28. The van der Waals surface area contributed by atoms with E-state index in [0.29, 0.717) is 33.5 Å². The lowest BCUT2D eigenvalue weighted by molar-refractivity contribution is -0.0301. The fourth-order valence-corrected chi connectivity index (χ4v) is 4.73. The van der Waals surface area contributed by atoms with Gasteiger partial charge in [-0.25, -0.2) is 18.2 Å². The number of hydrogen-bond acceptors (Lipinski definition) is 6. The van der Waals surface area contributed by atoms with Crippen molar-refractivity contribution in [2.45, 2.75) is 25.6 Å². The Morgan fingerprint density at radius 2 is 2.03 bits per heavy atom. The van der Waals surface area contributed by atoms with Gasteiger partial charge in [0.2, 0.25) is 0 Å². The number of halogens is 4. The van der Waals surface area contributed by atoms with Crippen LogP contribution in [0.2, 0.25) is 5.02 Å². The van der Waals surface area contributed by atoms with Crippen molar-refractivity contribution in [3.63, 3.8) is 0 Å². The minimum Gasteiger partial charge on any atom is -0.338 e. The Hall–Kier alpha value is -4.57. The third kappa shape index (κ3) is 4.18. The minimum absolute atomic E-state index is 0.0498. The highest BCUT2D eigenvalue weighted by Crippen LogP contribution is 2.37. The summed E-state index contributed by atoms with van der Waals surface area (Å²) in [5.74, 6) is -2.13. The molecule has 14 heteroatoms. The summed E-state index contributed by atoms with van der Waals surface area (Å²) in [5, 5.41) is 25.2. The third-order valence-corrected chi connectivity index (χ3v) is 6.58. The molecule has 0 aliphatic carbocycles. The van der Waals surface area contributed by atoms with Crippen molar-refractivity contribution < 1.29 is 13.2 Å². The highest BCUT2D eigenvalue weighted by Gasteiger charge is 2.37. The van der Waals surface area contributed by atoms with E-state index in [-0.39, 0.29) is 23.9 Å². The topological polar surface area (TPSA) is 107 Å². The second-order valence-corrected chi connectivity index (χ2v) is 9.33. The Kier molecular flexibility index (Phi) is 5.50. The van der Waals surface area contributed by atoms with Gasteiger partial charge < -0.3 is 19.0 Å². The van der Waals surface area contributed by atoms with Gasteiger partial charge in [0.15, 0.2) is 11.6 Å². The molecule has 6 rings (SSSR count).